The highest BCUT2D eigenvalue weighted by molar-refractivity contribution is 7.86. The molecule has 0 N–H and O–H groups in total. The molecule has 0 saturated carbocycles. The van der Waals surface area contributed by atoms with Gasteiger partial charge in [-0.1, -0.05) is 48.8 Å². The Morgan fingerprint density at radius 1 is 1.10 bits per heavy atom. The maximum absolute atomic E-state index is 13.2. The number of benzene rings is 1. The molecule has 9 heteroatoms. The van der Waals surface area contributed by atoms with E-state index in [1.54, 1.807) is 24.3 Å². The highest BCUT2D eigenvalue weighted by atomic mass is 32.2. The largest absolute Gasteiger partial charge is 0.414 e. The van der Waals surface area contributed by atoms with Gasteiger partial charge in [-0.15, -0.1) is 0 Å². The monoisotopic (exact) mass is 638 g/mol. The van der Waals surface area contributed by atoms with Gasteiger partial charge in [0.25, 0.3) is 10.1 Å². The van der Waals surface area contributed by atoms with Crippen molar-refractivity contribution in [2.45, 2.75) is 135 Å². The van der Waals surface area contributed by atoms with Crippen molar-refractivity contribution in [1.82, 2.24) is 0 Å². The molecule has 2 unspecified atom stereocenters. The molecule has 2 rings (SSSR count). The predicted molar refractivity (Wildman–Crippen MR) is 179 cm³/mol. The molecular formula is C33H58O6SSi2. The number of ether oxygens (including phenoxy) is 1. The molecule has 0 radical (unpaired) electrons. The van der Waals surface area contributed by atoms with Crippen LogP contribution in [0.2, 0.25) is 39.3 Å². The van der Waals surface area contributed by atoms with E-state index in [1.807, 2.05) is 20.8 Å². The minimum Gasteiger partial charge on any atom is -0.414 e. The van der Waals surface area contributed by atoms with E-state index in [-0.39, 0.29) is 16.9 Å². The maximum Gasteiger partial charge on any atom is 0.297 e. The van der Waals surface area contributed by atoms with Crippen molar-refractivity contribution in [2.75, 3.05) is 13.2 Å². The summed E-state index contributed by atoms with van der Waals surface area (Å²) in [5.74, 6) is 0.0423. The van der Waals surface area contributed by atoms with Gasteiger partial charge in [0.05, 0.1) is 35.9 Å². The topological polar surface area (TPSA) is 71.1 Å². The number of aryl methyl sites for hydroxylation is 1. The minimum absolute atomic E-state index is 0.0166. The molecular weight excluding hydrogens is 581 g/mol. The third-order valence-electron chi connectivity index (χ3n) is 7.67. The van der Waals surface area contributed by atoms with Crippen LogP contribution in [0.4, 0.5) is 0 Å². The Bertz CT molecular complexity index is 1140. The van der Waals surface area contributed by atoms with Crippen LogP contribution in [0.15, 0.2) is 52.5 Å². The Labute approximate surface area is 259 Å². The van der Waals surface area contributed by atoms with Crippen molar-refractivity contribution in [2.24, 2.45) is 5.92 Å². The van der Waals surface area contributed by atoms with Crippen LogP contribution in [0.25, 0.3) is 0 Å². The first-order chi connectivity index (χ1) is 19.3. The summed E-state index contributed by atoms with van der Waals surface area (Å²) in [7, 11) is -7.24. The van der Waals surface area contributed by atoms with Crippen molar-refractivity contribution in [3.05, 3.63) is 53.1 Å². The molecule has 4 atom stereocenters. The smallest absolute Gasteiger partial charge is 0.297 e. The zero-order valence-corrected chi connectivity index (χ0v) is 31.0. The van der Waals surface area contributed by atoms with E-state index in [9.17, 15) is 8.42 Å². The van der Waals surface area contributed by atoms with E-state index in [0.29, 0.717) is 19.6 Å². The third-order valence-corrected chi connectivity index (χ3v) is 11.0. The lowest BCUT2D eigenvalue weighted by atomic mass is 9.87. The molecule has 1 saturated heterocycles. The van der Waals surface area contributed by atoms with E-state index in [4.69, 9.17) is 17.8 Å². The molecule has 1 aliphatic rings. The van der Waals surface area contributed by atoms with Crippen LogP contribution in [0.3, 0.4) is 0 Å². The lowest BCUT2D eigenvalue weighted by molar-refractivity contribution is -0.0978. The average Bonchev–Trinajstić information content (AvgIpc) is 2.99. The SMILES string of the molecule is CC(C)=CCC(OS(=O)(=O)c1ccc(C)cc1)C(C)CCC[C@]1(C)OC/C(=C/CO[Si](C)(C)C)CC[C@H]1O[Si](C)(C)C. The first-order valence-corrected chi connectivity index (χ1v) is 23.8. The summed E-state index contributed by atoms with van der Waals surface area (Å²) >= 11 is 0. The molecule has 1 aliphatic heterocycles. The molecule has 240 valence electrons. The summed E-state index contributed by atoms with van der Waals surface area (Å²) in [5.41, 5.74) is 3.02. The molecule has 1 aromatic rings. The molecule has 0 amide bonds. The van der Waals surface area contributed by atoms with Crippen molar-refractivity contribution >= 4 is 26.8 Å². The van der Waals surface area contributed by atoms with Gasteiger partial charge in [-0.3, -0.25) is 4.18 Å². The van der Waals surface area contributed by atoms with Gasteiger partial charge in [-0.05, 0) is 123 Å². The molecule has 1 aromatic carbocycles. The van der Waals surface area contributed by atoms with Gasteiger partial charge in [0.15, 0.2) is 16.6 Å². The van der Waals surface area contributed by atoms with Gasteiger partial charge in [0.1, 0.15) is 0 Å². The lowest BCUT2D eigenvalue weighted by Gasteiger charge is -2.39. The molecule has 0 bridgehead atoms. The van der Waals surface area contributed by atoms with Crippen molar-refractivity contribution < 1.29 is 26.2 Å². The van der Waals surface area contributed by atoms with Crippen LogP contribution in [0.1, 0.15) is 71.8 Å². The minimum atomic E-state index is -3.87. The summed E-state index contributed by atoms with van der Waals surface area (Å²) in [5, 5.41) is 0. The molecule has 0 aliphatic carbocycles. The standard InChI is InChI=1S/C33H58O6SSi2/c1-26(2)14-20-31(38-40(34,35)30-18-15-27(3)16-19-30)28(4)13-12-23-33(5)32(39-42(9,10)11)21-17-29(25-36-33)22-24-37-41(6,7)8/h14-16,18-19,22,28,31-32H,12-13,17,20-21,23-25H2,1-11H3/b29-22+/t28?,31?,32-,33+/m1/s1. The van der Waals surface area contributed by atoms with Gasteiger partial charge in [0.2, 0.25) is 0 Å². The van der Waals surface area contributed by atoms with Crippen LogP contribution in [0, 0.1) is 12.8 Å². The second-order valence-corrected chi connectivity index (χ2v) is 25.0. The number of rotatable bonds is 15. The molecule has 0 aromatic heterocycles. The zero-order valence-electron chi connectivity index (χ0n) is 28.2. The van der Waals surface area contributed by atoms with E-state index in [2.05, 4.69) is 65.3 Å². The molecule has 0 spiro atoms. The summed E-state index contributed by atoms with van der Waals surface area (Å²) in [4.78, 5) is 0.201. The van der Waals surface area contributed by atoms with E-state index in [0.717, 1.165) is 43.2 Å². The van der Waals surface area contributed by atoms with Crippen molar-refractivity contribution in [3.63, 3.8) is 0 Å². The van der Waals surface area contributed by atoms with Gasteiger partial charge >= 0.3 is 0 Å². The fraction of sp³-hybridized carbons (Fsp3) is 0.697. The van der Waals surface area contributed by atoms with Gasteiger partial charge in [-0.25, -0.2) is 0 Å². The highest BCUT2D eigenvalue weighted by Gasteiger charge is 2.40. The second kappa shape index (κ2) is 15.8. The Kier molecular flexibility index (Phi) is 13.9. The first-order valence-electron chi connectivity index (χ1n) is 15.6. The lowest BCUT2D eigenvalue weighted by Crippen LogP contribution is -2.47. The number of hydrogen-bond acceptors (Lipinski definition) is 6. The Balaban J connectivity index is 2.14. The van der Waals surface area contributed by atoms with Gasteiger partial charge in [-0.2, -0.15) is 8.42 Å². The first kappa shape index (κ1) is 37.1. The molecule has 42 heavy (non-hydrogen) atoms. The molecule has 6 nitrogen and oxygen atoms in total. The predicted octanol–water partition coefficient (Wildman–Crippen LogP) is 8.80. The van der Waals surface area contributed by atoms with E-state index in [1.165, 1.54) is 5.57 Å². The summed E-state index contributed by atoms with van der Waals surface area (Å²) in [6, 6.07) is 6.85. The normalized spacial score (nSPS) is 22.9. The summed E-state index contributed by atoms with van der Waals surface area (Å²) in [6.45, 7) is 24.8. The number of allylic oxidation sites excluding steroid dienone is 1. The number of hydrogen-bond donors (Lipinski definition) is 0. The van der Waals surface area contributed by atoms with Crippen molar-refractivity contribution in [3.8, 4) is 0 Å². The summed E-state index contributed by atoms with van der Waals surface area (Å²) in [6.07, 6.45) is 8.84. The average molecular weight is 639 g/mol. The Hall–Kier alpha value is -1.08. The Morgan fingerprint density at radius 2 is 1.74 bits per heavy atom. The zero-order chi connectivity index (χ0) is 31.8. The molecule has 1 fully saturated rings. The van der Waals surface area contributed by atoms with Crippen molar-refractivity contribution in [1.29, 1.82) is 0 Å². The van der Waals surface area contributed by atoms with Crippen LogP contribution < -0.4 is 0 Å². The fourth-order valence-corrected chi connectivity index (χ4v) is 8.04. The van der Waals surface area contributed by atoms with Crippen LogP contribution in [-0.4, -0.2) is 56.1 Å². The second-order valence-electron chi connectivity index (χ2n) is 14.4. The highest BCUT2D eigenvalue weighted by Crippen LogP contribution is 2.36. The molecule has 1 heterocycles. The Morgan fingerprint density at radius 3 is 2.31 bits per heavy atom. The fourth-order valence-electron chi connectivity index (χ4n) is 5.06. The summed E-state index contributed by atoms with van der Waals surface area (Å²) < 4.78 is 51.7. The van der Waals surface area contributed by atoms with Gasteiger partial charge in [0, 0.05) is 0 Å². The quantitative estimate of drug-likeness (QED) is 0.109. The van der Waals surface area contributed by atoms with E-state index >= 15 is 0 Å². The maximum atomic E-state index is 13.2. The van der Waals surface area contributed by atoms with Crippen LogP contribution in [-0.2, 0) is 27.9 Å². The van der Waals surface area contributed by atoms with Crippen LogP contribution >= 0.6 is 0 Å². The van der Waals surface area contributed by atoms with Gasteiger partial charge < -0.3 is 13.6 Å². The third kappa shape index (κ3) is 13.3. The van der Waals surface area contributed by atoms with E-state index < -0.39 is 38.5 Å². The van der Waals surface area contributed by atoms with Crippen LogP contribution in [0.5, 0.6) is 0 Å².